The van der Waals surface area contributed by atoms with Gasteiger partial charge >= 0.3 is 0 Å². The van der Waals surface area contributed by atoms with Crippen LogP contribution in [-0.4, -0.2) is 59.4 Å². The number of rotatable bonds is 5. The number of fused-ring (bicyclic) bond motifs is 2. The SMILES string of the molecule is Cc1[nH]c2ccccc2c1[C@@H](O)CN1CCN(Cc2ccc3c(c2)OCO3)CC1. The number of para-hydroxylation sites is 1. The zero-order valence-corrected chi connectivity index (χ0v) is 16.7. The van der Waals surface area contributed by atoms with Crippen LogP contribution in [0.2, 0.25) is 0 Å². The lowest BCUT2D eigenvalue weighted by molar-refractivity contribution is 0.0704. The predicted molar refractivity (Wildman–Crippen MR) is 112 cm³/mol. The largest absolute Gasteiger partial charge is 0.454 e. The number of H-pyrrole nitrogens is 1. The number of hydrogen-bond donors (Lipinski definition) is 2. The summed E-state index contributed by atoms with van der Waals surface area (Å²) in [6.45, 7) is 7.85. The van der Waals surface area contributed by atoms with E-state index in [0.717, 1.165) is 66.4 Å². The second-order valence-corrected chi connectivity index (χ2v) is 7.99. The molecule has 1 saturated heterocycles. The Morgan fingerprint density at radius 2 is 1.76 bits per heavy atom. The number of benzene rings is 2. The number of β-amino-alcohol motifs (C(OH)–C–C–N with tert-alkyl or cyclic N) is 1. The molecule has 29 heavy (non-hydrogen) atoms. The van der Waals surface area contributed by atoms with Crippen molar-refractivity contribution in [1.29, 1.82) is 0 Å². The molecule has 2 aliphatic heterocycles. The molecule has 6 heteroatoms. The van der Waals surface area contributed by atoms with Gasteiger partial charge in [-0.25, -0.2) is 0 Å². The number of hydrogen-bond acceptors (Lipinski definition) is 5. The molecule has 1 atom stereocenters. The lowest BCUT2D eigenvalue weighted by atomic mass is 10.0. The van der Waals surface area contributed by atoms with Gasteiger partial charge in [0.05, 0.1) is 6.10 Å². The van der Waals surface area contributed by atoms with Crippen LogP contribution < -0.4 is 9.47 Å². The van der Waals surface area contributed by atoms with Gasteiger partial charge in [0.15, 0.2) is 11.5 Å². The topological polar surface area (TPSA) is 61.0 Å². The third-order valence-electron chi connectivity index (χ3n) is 6.02. The Bertz CT molecular complexity index is 1010. The highest BCUT2D eigenvalue weighted by molar-refractivity contribution is 5.84. The molecule has 0 saturated carbocycles. The van der Waals surface area contributed by atoms with E-state index in [0.29, 0.717) is 13.3 Å². The van der Waals surface area contributed by atoms with Crippen molar-refractivity contribution in [2.75, 3.05) is 39.5 Å². The molecular weight excluding hydrogens is 366 g/mol. The third-order valence-corrected chi connectivity index (χ3v) is 6.02. The molecule has 0 unspecified atom stereocenters. The summed E-state index contributed by atoms with van der Waals surface area (Å²) in [5.74, 6) is 1.68. The van der Waals surface area contributed by atoms with Gasteiger partial charge in [0.25, 0.3) is 0 Å². The van der Waals surface area contributed by atoms with Gasteiger partial charge in [0.1, 0.15) is 0 Å². The molecule has 3 aromatic rings. The zero-order valence-electron chi connectivity index (χ0n) is 16.7. The standard InChI is InChI=1S/C23H27N3O3/c1-16-23(18-4-2-3-5-19(18)24-16)20(27)14-26-10-8-25(9-11-26)13-17-6-7-21-22(12-17)29-15-28-21/h2-7,12,20,24,27H,8-11,13-15H2,1H3/t20-/m0/s1. The molecule has 0 spiro atoms. The van der Waals surface area contributed by atoms with Crippen molar-refractivity contribution in [3.05, 3.63) is 59.3 Å². The zero-order chi connectivity index (χ0) is 19.8. The Morgan fingerprint density at radius 1 is 1.00 bits per heavy atom. The van der Waals surface area contributed by atoms with E-state index in [1.165, 1.54) is 5.56 Å². The number of aliphatic hydroxyl groups is 1. The Morgan fingerprint density at radius 3 is 2.62 bits per heavy atom. The van der Waals surface area contributed by atoms with Crippen molar-refractivity contribution in [1.82, 2.24) is 14.8 Å². The summed E-state index contributed by atoms with van der Waals surface area (Å²) in [4.78, 5) is 8.21. The van der Waals surface area contributed by atoms with Gasteiger partial charge < -0.3 is 19.6 Å². The second kappa shape index (κ2) is 7.71. The molecule has 2 aromatic carbocycles. The first-order valence-electron chi connectivity index (χ1n) is 10.3. The van der Waals surface area contributed by atoms with Gasteiger partial charge in [0.2, 0.25) is 6.79 Å². The molecule has 0 radical (unpaired) electrons. The second-order valence-electron chi connectivity index (χ2n) is 7.99. The molecule has 5 rings (SSSR count). The van der Waals surface area contributed by atoms with E-state index in [2.05, 4.69) is 39.0 Å². The first-order valence-corrected chi connectivity index (χ1v) is 10.3. The van der Waals surface area contributed by atoms with Crippen LogP contribution in [0.15, 0.2) is 42.5 Å². The molecule has 0 aliphatic carbocycles. The van der Waals surface area contributed by atoms with Gasteiger partial charge in [-0.15, -0.1) is 0 Å². The van der Waals surface area contributed by atoms with Crippen LogP contribution in [0.3, 0.4) is 0 Å². The molecule has 1 aromatic heterocycles. The smallest absolute Gasteiger partial charge is 0.231 e. The average Bonchev–Trinajstić information content (AvgIpc) is 3.32. The Balaban J connectivity index is 1.18. The first kappa shape index (κ1) is 18.5. The Labute approximate surface area is 170 Å². The fourth-order valence-corrected chi connectivity index (χ4v) is 4.49. The summed E-state index contributed by atoms with van der Waals surface area (Å²) in [5, 5.41) is 12.1. The van der Waals surface area contributed by atoms with Crippen LogP contribution >= 0.6 is 0 Å². The van der Waals surface area contributed by atoms with Gasteiger partial charge in [-0.2, -0.15) is 0 Å². The molecule has 2 aliphatic rings. The molecule has 152 valence electrons. The minimum atomic E-state index is -0.480. The van der Waals surface area contributed by atoms with E-state index in [-0.39, 0.29) is 0 Å². The molecular formula is C23H27N3O3. The monoisotopic (exact) mass is 393 g/mol. The number of nitrogens with zero attached hydrogens (tertiary/aromatic N) is 2. The summed E-state index contributed by atoms with van der Waals surface area (Å²) in [6.07, 6.45) is -0.480. The van der Waals surface area contributed by atoms with Crippen LogP contribution in [0.4, 0.5) is 0 Å². The quantitative estimate of drug-likeness (QED) is 0.698. The van der Waals surface area contributed by atoms with Crippen molar-refractivity contribution >= 4 is 10.9 Å². The van der Waals surface area contributed by atoms with E-state index in [4.69, 9.17) is 9.47 Å². The predicted octanol–water partition coefficient (Wildman–Crippen LogP) is 3.06. The number of piperazine rings is 1. The van der Waals surface area contributed by atoms with E-state index in [1.807, 2.05) is 25.1 Å². The van der Waals surface area contributed by atoms with Crippen LogP contribution in [0.5, 0.6) is 11.5 Å². The van der Waals surface area contributed by atoms with Crippen molar-refractivity contribution in [2.45, 2.75) is 19.6 Å². The Hall–Kier alpha value is -2.54. The summed E-state index contributed by atoms with van der Waals surface area (Å²) in [5.41, 5.74) is 4.42. The average molecular weight is 393 g/mol. The number of aliphatic hydroxyl groups excluding tert-OH is 1. The summed E-state index contributed by atoms with van der Waals surface area (Å²) in [7, 11) is 0. The van der Waals surface area contributed by atoms with Crippen LogP contribution in [0, 0.1) is 6.92 Å². The van der Waals surface area contributed by atoms with E-state index < -0.39 is 6.10 Å². The molecule has 3 heterocycles. The minimum Gasteiger partial charge on any atom is -0.454 e. The highest BCUT2D eigenvalue weighted by Gasteiger charge is 2.23. The molecule has 0 amide bonds. The van der Waals surface area contributed by atoms with E-state index in [1.54, 1.807) is 0 Å². The molecule has 1 fully saturated rings. The maximum absolute atomic E-state index is 10.9. The van der Waals surface area contributed by atoms with Crippen LogP contribution in [-0.2, 0) is 6.54 Å². The van der Waals surface area contributed by atoms with Crippen LogP contribution in [0.1, 0.15) is 22.9 Å². The fourth-order valence-electron chi connectivity index (χ4n) is 4.49. The minimum absolute atomic E-state index is 0.315. The number of ether oxygens (including phenoxy) is 2. The van der Waals surface area contributed by atoms with Gasteiger partial charge in [0, 0.05) is 61.4 Å². The van der Waals surface area contributed by atoms with E-state index in [9.17, 15) is 5.11 Å². The number of aromatic amines is 1. The summed E-state index contributed by atoms with van der Waals surface area (Å²) >= 11 is 0. The van der Waals surface area contributed by atoms with Gasteiger partial charge in [-0.3, -0.25) is 9.80 Å². The molecule has 6 nitrogen and oxygen atoms in total. The maximum atomic E-state index is 10.9. The van der Waals surface area contributed by atoms with Crippen molar-refractivity contribution in [3.8, 4) is 11.5 Å². The van der Waals surface area contributed by atoms with E-state index >= 15 is 0 Å². The van der Waals surface area contributed by atoms with Crippen molar-refractivity contribution in [2.24, 2.45) is 0 Å². The first-order chi connectivity index (χ1) is 14.2. The van der Waals surface area contributed by atoms with Crippen molar-refractivity contribution < 1.29 is 14.6 Å². The third kappa shape index (κ3) is 3.71. The lowest BCUT2D eigenvalue weighted by Gasteiger charge is -2.35. The number of aromatic nitrogens is 1. The molecule has 0 bridgehead atoms. The Kier molecular flexibility index (Phi) is 4.91. The number of aryl methyl sites for hydroxylation is 1. The van der Waals surface area contributed by atoms with Gasteiger partial charge in [-0.1, -0.05) is 24.3 Å². The summed E-state index contributed by atoms with van der Waals surface area (Å²) < 4.78 is 10.9. The number of nitrogens with one attached hydrogen (secondary N) is 1. The highest BCUT2D eigenvalue weighted by atomic mass is 16.7. The lowest BCUT2D eigenvalue weighted by Crippen LogP contribution is -2.47. The van der Waals surface area contributed by atoms with Crippen LogP contribution in [0.25, 0.3) is 10.9 Å². The summed E-state index contributed by atoms with van der Waals surface area (Å²) in [6, 6.07) is 14.4. The van der Waals surface area contributed by atoms with Crippen molar-refractivity contribution in [3.63, 3.8) is 0 Å². The maximum Gasteiger partial charge on any atom is 0.231 e. The van der Waals surface area contributed by atoms with Gasteiger partial charge in [-0.05, 0) is 30.7 Å². The molecule has 2 N–H and O–H groups in total. The normalized spacial score (nSPS) is 18.4. The fraction of sp³-hybridized carbons (Fsp3) is 0.391. The highest BCUT2D eigenvalue weighted by Crippen LogP contribution is 2.33.